The number of halogens is 1. The highest BCUT2D eigenvalue weighted by atomic mass is 79.9. The van der Waals surface area contributed by atoms with Crippen LogP contribution in [0.2, 0.25) is 0 Å². The lowest BCUT2D eigenvalue weighted by molar-refractivity contribution is 1.07. The predicted octanol–water partition coefficient (Wildman–Crippen LogP) is 3.76. The summed E-state index contributed by atoms with van der Waals surface area (Å²) in [7, 11) is 0. The zero-order chi connectivity index (χ0) is 9.97. The van der Waals surface area contributed by atoms with Crippen molar-refractivity contribution in [3.63, 3.8) is 0 Å². The molecule has 0 N–H and O–H groups in total. The first-order chi connectivity index (χ1) is 6.75. The summed E-state index contributed by atoms with van der Waals surface area (Å²) in [6.07, 6.45) is 3.62. The molecule has 0 atom stereocenters. The Morgan fingerprint density at radius 3 is 2.93 bits per heavy atom. The molecule has 0 saturated carbocycles. The quantitative estimate of drug-likeness (QED) is 0.841. The third-order valence-corrected chi connectivity index (χ3v) is 4.03. The molecule has 0 aromatic carbocycles. The van der Waals surface area contributed by atoms with Crippen molar-refractivity contribution in [1.29, 1.82) is 0 Å². The first kappa shape index (κ1) is 10.1. The number of nitrogens with zero attached hydrogens (tertiary/aromatic N) is 2. The summed E-state index contributed by atoms with van der Waals surface area (Å²) in [5.74, 6) is 0. The van der Waals surface area contributed by atoms with Crippen LogP contribution < -0.4 is 0 Å². The van der Waals surface area contributed by atoms with Gasteiger partial charge in [0.15, 0.2) is 4.34 Å². The Morgan fingerprint density at radius 1 is 1.43 bits per heavy atom. The molecule has 14 heavy (non-hydrogen) atoms. The summed E-state index contributed by atoms with van der Waals surface area (Å²) in [6.45, 7) is 2.05. The van der Waals surface area contributed by atoms with E-state index in [0.29, 0.717) is 0 Å². The Bertz CT molecular complexity index is 428. The minimum Gasteiger partial charge on any atom is -0.248 e. The highest BCUT2D eigenvalue weighted by Crippen LogP contribution is 2.30. The van der Waals surface area contributed by atoms with Gasteiger partial charge in [-0.3, -0.25) is 0 Å². The van der Waals surface area contributed by atoms with Gasteiger partial charge in [-0.25, -0.2) is 9.97 Å². The molecule has 2 heterocycles. The van der Waals surface area contributed by atoms with E-state index in [-0.39, 0.29) is 0 Å². The molecular formula is C9H7BrN2S2. The maximum absolute atomic E-state index is 4.34. The van der Waals surface area contributed by atoms with E-state index in [9.17, 15) is 0 Å². The number of hydrogen-bond acceptors (Lipinski definition) is 4. The summed E-state index contributed by atoms with van der Waals surface area (Å²) in [5, 5.41) is 2.99. The van der Waals surface area contributed by atoms with Crippen LogP contribution in [-0.2, 0) is 0 Å². The highest BCUT2D eigenvalue weighted by molar-refractivity contribution is 9.10. The summed E-state index contributed by atoms with van der Waals surface area (Å²) >= 11 is 6.63. The van der Waals surface area contributed by atoms with Gasteiger partial charge in [0.05, 0.1) is 0 Å². The van der Waals surface area contributed by atoms with Gasteiger partial charge in [0.25, 0.3) is 0 Å². The van der Waals surface area contributed by atoms with Crippen molar-refractivity contribution in [2.75, 3.05) is 0 Å². The second kappa shape index (κ2) is 4.42. The molecule has 2 aromatic heterocycles. The third-order valence-electron chi connectivity index (χ3n) is 1.59. The lowest BCUT2D eigenvalue weighted by Crippen LogP contribution is -1.84. The van der Waals surface area contributed by atoms with Crippen molar-refractivity contribution in [3.05, 3.63) is 33.9 Å². The van der Waals surface area contributed by atoms with Gasteiger partial charge in [0, 0.05) is 22.2 Å². The van der Waals surface area contributed by atoms with Crippen LogP contribution in [0.5, 0.6) is 0 Å². The van der Waals surface area contributed by atoms with E-state index < -0.39 is 0 Å². The van der Waals surface area contributed by atoms with E-state index in [1.54, 1.807) is 29.3 Å². The van der Waals surface area contributed by atoms with E-state index in [2.05, 4.69) is 32.0 Å². The largest absolute Gasteiger partial charge is 0.248 e. The van der Waals surface area contributed by atoms with Gasteiger partial charge in [0.1, 0.15) is 5.03 Å². The Labute approximate surface area is 98.9 Å². The molecule has 0 radical (unpaired) electrons. The van der Waals surface area contributed by atoms with E-state index in [0.717, 1.165) is 13.8 Å². The molecular weight excluding hydrogens is 280 g/mol. The number of aryl methyl sites for hydroxylation is 1. The van der Waals surface area contributed by atoms with E-state index in [1.807, 2.05) is 18.5 Å². The van der Waals surface area contributed by atoms with Gasteiger partial charge in [-0.05, 0) is 46.2 Å². The Balaban J connectivity index is 2.25. The molecule has 5 heteroatoms. The number of pyridine rings is 1. The topological polar surface area (TPSA) is 25.8 Å². The smallest absolute Gasteiger partial charge is 0.156 e. The molecule has 0 spiro atoms. The number of hydrogen-bond donors (Lipinski definition) is 0. The second-order valence-electron chi connectivity index (χ2n) is 2.68. The standard InChI is InChI=1S/C9H7BrN2S2/c1-6-4-7(10)5-12-8(6)14-9-11-2-3-13-9/h2-5H,1H3. The van der Waals surface area contributed by atoms with Crippen LogP contribution >= 0.6 is 39.0 Å². The van der Waals surface area contributed by atoms with Gasteiger partial charge in [-0.1, -0.05) is 0 Å². The second-order valence-corrected chi connectivity index (χ2v) is 5.72. The van der Waals surface area contributed by atoms with Gasteiger partial charge in [-0.2, -0.15) is 0 Å². The zero-order valence-corrected chi connectivity index (χ0v) is 10.6. The Hall–Kier alpha value is -0.390. The maximum Gasteiger partial charge on any atom is 0.156 e. The molecule has 0 bridgehead atoms. The van der Waals surface area contributed by atoms with Crippen LogP contribution in [0.1, 0.15) is 5.56 Å². The molecule has 2 nitrogen and oxygen atoms in total. The first-order valence-electron chi connectivity index (χ1n) is 3.95. The molecule has 0 unspecified atom stereocenters. The van der Waals surface area contributed by atoms with Crippen molar-refractivity contribution in [2.24, 2.45) is 0 Å². The van der Waals surface area contributed by atoms with Crippen LogP contribution in [0.25, 0.3) is 0 Å². The molecule has 0 aliphatic heterocycles. The Kier molecular flexibility index (Phi) is 3.20. The monoisotopic (exact) mass is 286 g/mol. The number of rotatable bonds is 2. The number of aromatic nitrogens is 2. The maximum atomic E-state index is 4.34. The minimum atomic E-state index is 1.01. The summed E-state index contributed by atoms with van der Waals surface area (Å²) in [4.78, 5) is 8.54. The van der Waals surface area contributed by atoms with Crippen LogP contribution in [-0.4, -0.2) is 9.97 Å². The average Bonchev–Trinajstić information content (AvgIpc) is 2.62. The molecule has 0 amide bonds. The predicted molar refractivity (Wildman–Crippen MR) is 62.9 cm³/mol. The van der Waals surface area contributed by atoms with Crippen LogP contribution in [0, 0.1) is 6.92 Å². The van der Waals surface area contributed by atoms with Gasteiger partial charge >= 0.3 is 0 Å². The van der Waals surface area contributed by atoms with Crippen molar-refractivity contribution in [1.82, 2.24) is 9.97 Å². The molecule has 0 aliphatic carbocycles. The van der Waals surface area contributed by atoms with Crippen molar-refractivity contribution >= 4 is 39.0 Å². The highest BCUT2D eigenvalue weighted by Gasteiger charge is 2.04. The lowest BCUT2D eigenvalue weighted by Gasteiger charge is -2.01. The molecule has 72 valence electrons. The summed E-state index contributed by atoms with van der Waals surface area (Å²) < 4.78 is 2.04. The van der Waals surface area contributed by atoms with Gasteiger partial charge in [0.2, 0.25) is 0 Å². The zero-order valence-electron chi connectivity index (χ0n) is 7.40. The first-order valence-corrected chi connectivity index (χ1v) is 6.44. The molecule has 0 saturated heterocycles. The Morgan fingerprint density at radius 2 is 2.29 bits per heavy atom. The van der Waals surface area contributed by atoms with E-state index in [1.165, 1.54) is 5.56 Å². The van der Waals surface area contributed by atoms with Crippen molar-refractivity contribution < 1.29 is 0 Å². The van der Waals surface area contributed by atoms with Gasteiger partial charge < -0.3 is 0 Å². The third kappa shape index (κ3) is 2.34. The van der Waals surface area contributed by atoms with E-state index >= 15 is 0 Å². The average molecular weight is 287 g/mol. The van der Waals surface area contributed by atoms with E-state index in [4.69, 9.17) is 0 Å². The van der Waals surface area contributed by atoms with Crippen molar-refractivity contribution in [2.45, 2.75) is 16.3 Å². The van der Waals surface area contributed by atoms with Crippen LogP contribution in [0.15, 0.2) is 37.7 Å². The molecule has 2 rings (SSSR count). The van der Waals surface area contributed by atoms with Crippen molar-refractivity contribution in [3.8, 4) is 0 Å². The van der Waals surface area contributed by atoms with Crippen LogP contribution in [0.3, 0.4) is 0 Å². The molecule has 2 aromatic rings. The summed E-state index contributed by atoms with van der Waals surface area (Å²) in [6, 6.07) is 2.06. The number of thiazole rings is 1. The molecule has 0 aliphatic rings. The lowest BCUT2D eigenvalue weighted by atomic mass is 10.3. The SMILES string of the molecule is Cc1cc(Br)cnc1Sc1nccs1. The fraction of sp³-hybridized carbons (Fsp3) is 0.111. The fourth-order valence-electron chi connectivity index (χ4n) is 0.978. The van der Waals surface area contributed by atoms with Crippen LogP contribution in [0.4, 0.5) is 0 Å². The minimum absolute atomic E-state index is 1.01. The normalized spacial score (nSPS) is 10.4. The summed E-state index contributed by atoms with van der Waals surface area (Å²) in [5.41, 5.74) is 1.17. The van der Waals surface area contributed by atoms with Gasteiger partial charge in [-0.15, -0.1) is 11.3 Å². The molecule has 0 fully saturated rings. The fourth-order valence-corrected chi connectivity index (χ4v) is 2.98.